The van der Waals surface area contributed by atoms with Gasteiger partial charge < -0.3 is 0 Å². The number of fused-ring (bicyclic) bond motifs is 1. The molecule has 0 aliphatic carbocycles. The third kappa shape index (κ3) is 1.36. The van der Waals surface area contributed by atoms with Crippen molar-refractivity contribution in [2.75, 3.05) is 0 Å². The number of hydrogen-bond acceptors (Lipinski definition) is 3. The molecule has 0 bridgehead atoms. The lowest BCUT2D eigenvalue weighted by molar-refractivity contribution is -0.333. The van der Waals surface area contributed by atoms with E-state index in [2.05, 4.69) is 16.2 Å². The lowest BCUT2D eigenvalue weighted by Gasteiger charge is -1.81. The molecule has 13 heavy (non-hydrogen) atoms. The minimum Gasteiger partial charge on any atom is -0.284 e. The zero-order valence-electron chi connectivity index (χ0n) is 6.69. The molecule has 4 heteroatoms. The Morgan fingerprint density at radius 2 is 2.46 bits per heavy atom. The zero-order valence-corrected chi connectivity index (χ0v) is 7.50. The quantitative estimate of drug-likeness (QED) is 0.646. The van der Waals surface area contributed by atoms with E-state index in [0.717, 1.165) is 10.1 Å². The first-order valence-electron chi connectivity index (χ1n) is 3.61. The standard InChI is InChI=1S/C9H6NO2S/c1-12-9(11)7-4-6-2-3-10-5-8(6)13-7/h2-5H,1H2/q+1. The molecule has 0 radical (unpaired) electrons. The lowest BCUT2D eigenvalue weighted by atomic mass is 10.3. The first kappa shape index (κ1) is 8.07. The number of rotatable bonds is 1. The van der Waals surface area contributed by atoms with Gasteiger partial charge in [-0.15, -0.1) is 11.3 Å². The molecule has 0 amide bonds. The normalized spacial score (nSPS) is 10.2. The van der Waals surface area contributed by atoms with Gasteiger partial charge >= 0.3 is 5.97 Å². The average Bonchev–Trinajstić information content (AvgIpc) is 2.59. The number of carbonyl (C=O) groups excluding carboxylic acids is 2. The fourth-order valence-electron chi connectivity index (χ4n) is 1.06. The predicted octanol–water partition coefficient (Wildman–Crippen LogP) is 1.80. The van der Waals surface area contributed by atoms with E-state index in [-0.39, 0.29) is 0 Å². The van der Waals surface area contributed by atoms with Gasteiger partial charge in [-0.1, -0.05) is 0 Å². The van der Waals surface area contributed by atoms with Gasteiger partial charge in [-0.3, -0.25) is 9.41 Å². The van der Waals surface area contributed by atoms with Gasteiger partial charge in [-0.2, -0.15) is 0 Å². The number of pyridine rings is 1. The highest BCUT2D eigenvalue weighted by atomic mass is 32.1. The lowest BCUT2D eigenvalue weighted by Crippen LogP contribution is -1.92. The molecular weight excluding hydrogens is 186 g/mol. The van der Waals surface area contributed by atoms with Crippen molar-refractivity contribution in [1.29, 1.82) is 0 Å². The van der Waals surface area contributed by atoms with Crippen LogP contribution in [-0.2, 0) is 4.42 Å². The number of nitrogens with zero attached hydrogens (tertiary/aromatic N) is 1. The minimum absolute atomic E-state index is 0.402. The van der Waals surface area contributed by atoms with Crippen molar-refractivity contribution < 1.29 is 9.22 Å². The highest BCUT2D eigenvalue weighted by Crippen LogP contribution is 2.24. The summed E-state index contributed by atoms with van der Waals surface area (Å²) in [6.07, 6.45) is 3.41. The van der Waals surface area contributed by atoms with E-state index in [0.29, 0.717) is 4.88 Å². The van der Waals surface area contributed by atoms with Crippen LogP contribution in [0.3, 0.4) is 0 Å². The average molecular weight is 192 g/mol. The molecule has 0 N–H and O–H groups in total. The van der Waals surface area contributed by atoms with Crippen LogP contribution in [0.25, 0.3) is 10.1 Å². The summed E-state index contributed by atoms with van der Waals surface area (Å²) < 4.78 is 5.34. The fraction of sp³-hybridized carbons (Fsp3) is 0. The molecule has 2 rings (SSSR count). The van der Waals surface area contributed by atoms with Crippen molar-refractivity contribution in [3.8, 4) is 0 Å². The van der Waals surface area contributed by atoms with Crippen LogP contribution in [0.4, 0.5) is 0 Å². The van der Waals surface area contributed by atoms with E-state index in [1.54, 1.807) is 18.5 Å². The van der Waals surface area contributed by atoms with Crippen molar-refractivity contribution >= 4 is 34.2 Å². The van der Waals surface area contributed by atoms with Crippen LogP contribution in [0.2, 0.25) is 0 Å². The molecule has 3 nitrogen and oxygen atoms in total. The second-order valence-electron chi connectivity index (χ2n) is 2.46. The third-order valence-electron chi connectivity index (χ3n) is 1.66. The molecule has 0 saturated carbocycles. The first-order valence-corrected chi connectivity index (χ1v) is 4.43. The molecular formula is C9H6NO2S+. The van der Waals surface area contributed by atoms with Crippen LogP contribution in [0, 0.1) is 0 Å². The summed E-state index contributed by atoms with van der Waals surface area (Å²) in [5, 5.41) is 1.00. The summed E-state index contributed by atoms with van der Waals surface area (Å²) in [7, 11) is 0. The molecule has 0 saturated heterocycles. The van der Waals surface area contributed by atoms with Crippen LogP contribution >= 0.6 is 11.3 Å². The highest BCUT2D eigenvalue weighted by Gasteiger charge is 2.19. The minimum atomic E-state index is -0.402. The van der Waals surface area contributed by atoms with Crippen molar-refractivity contribution in [3.05, 3.63) is 29.4 Å². The summed E-state index contributed by atoms with van der Waals surface area (Å²) >= 11 is 1.35. The summed E-state index contributed by atoms with van der Waals surface area (Å²) in [6.45, 7) is 3.07. The van der Waals surface area contributed by atoms with Crippen LogP contribution in [0.15, 0.2) is 24.5 Å². The molecule has 0 aliphatic rings. The molecule has 0 aliphatic heterocycles. The Morgan fingerprint density at radius 3 is 3.15 bits per heavy atom. The van der Waals surface area contributed by atoms with Gasteiger partial charge in [-0.05, 0) is 17.5 Å². The molecule has 0 unspecified atom stereocenters. The van der Waals surface area contributed by atoms with E-state index >= 15 is 0 Å². The molecule has 2 heterocycles. The van der Waals surface area contributed by atoms with Crippen LogP contribution < -0.4 is 0 Å². The monoisotopic (exact) mass is 192 g/mol. The van der Waals surface area contributed by atoms with Crippen molar-refractivity contribution in [3.63, 3.8) is 0 Å². The van der Waals surface area contributed by atoms with Gasteiger partial charge in [0.05, 0.1) is 9.49 Å². The van der Waals surface area contributed by atoms with Crippen molar-refractivity contribution in [1.82, 2.24) is 4.98 Å². The van der Waals surface area contributed by atoms with E-state index in [4.69, 9.17) is 0 Å². The smallest absolute Gasteiger partial charge is 0.284 e. The highest BCUT2D eigenvalue weighted by molar-refractivity contribution is 7.20. The molecule has 64 valence electrons. The first-order chi connectivity index (χ1) is 6.31. The molecule has 0 spiro atoms. The maximum Gasteiger partial charge on any atom is 0.622 e. The maximum atomic E-state index is 11.1. The van der Waals surface area contributed by atoms with E-state index in [1.807, 2.05) is 6.07 Å². The number of aromatic nitrogens is 1. The Kier molecular flexibility index (Phi) is 1.90. The Hall–Kier alpha value is -1.55. The zero-order chi connectivity index (χ0) is 9.26. The SMILES string of the molecule is C=[O+]C(=O)c1cc2ccncc2s1. The summed E-state index contributed by atoms with van der Waals surface area (Å²) in [6, 6.07) is 3.63. The van der Waals surface area contributed by atoms with Crippen molar-refractivity contribution in [2.24, 2.45) is 0 Å². The Balaban J connectivity index is 2.62. The molecule has 0 atom stereocenters. The predicted molar refractivity (Wildman–Crippen MR) is 51.1 cm³/mol. The van der Waals surface area contributed by atoms with Gasteiger partial charge in [0.1, 0.15) is 0 Å². The maximum absolute atomic E-state index is 11.1. The van der Waals surface area contributed by atoms with Crippen molar-refractivity contribution in [2.45, 2.75) is 0 Å². The fourth-order valence-corrected chi connectivity index (χ4v) is 1.98. The summed E-state index contributed by atoms with van der Waals surface area (Å²) in [4.78, 5) is 15.6. The second-order valence-corrected chi connectivity index (χ2v) is 3.54. The van der Waals surface area contributed by atoms with Gasteiger partial charge in [0.2, 0.25) is 0 Å². The van der Waals surface area contributed by atoms with Gasteiger partial charge in [0, 0.05) is 12.4 Å². The topological polar surface area (TPSA) is 41.3 Å². The van der Waals surface area contributed by atoms with Crippen LogP contribution in [-0.4, -0.2) is 17.7 Å². The van der Waals surface area contributed by atoms with Crippen LogP contribution in [0.5, 0.6) is 0 Å². The second kappa shape index (κ2) is 3.06. The largest absolute Gasteiger partial charge is 0.622 e. The van der Waals surface area contributed by atoms with Gasteiger partial charge in [0.25, 0.3) is 0 Å². The van der Waals surface area contributed by atoms with Crippen LogP contribution in [0.1, 0.15) is 9.67 Å². The Labute approximate surface area is 78.3 Å². The van der Waals surface area contributed by atoms with Gasteiger partial charge in [-0.25, -0.2) is 0 Å². The van der Waals surface area contributed by atoms with E-state index in [9.17, 15) is 4.79 Å². The summed E-state index contributed by atoms with van der Waals surface area (Å²) in [5.74, 6) is -0.402. The van der Waals surface area contributed by atoms with E-state index < -0.39 is 5.97 Å². The number of thiophene rings is 1. The molecule has 0 fully saturated rings. The molecule has 2 aromatic heterocycles. The Morgan fingerprint density at radius 1 is 1.62 bits per heavy atom. The molecule has 2 aromatic rings. The number of carbonyl (C=O) groups is 1. The summed E-state index contributed by atoms with van der Waals surface area (Å²) in [5.41, 5.74) is 0. The third-order valence-corrected chi connectivity index (χ3v) is 2.72. The Bertz CT molecular complexity index is 442. The van der Waals surface area contributed by atoms with E-state index in [1.165, 1.54) is 11.3 Å². The van der Waals surface area contributed by atoms with Gasteiger partial charge in [0.15, 0.2) is 11.7 Å². The molecule has 0 aromatic carbocycles. The number of hydrogen-bond donors (Lipinski definition) is 0.